The topological polar surface area (TPSA) is 69.1 Å². The summed E-state index contributed by atoms with van der Waals surface area (Å²) in [7, 11) is 0. The average Bonchev–Trinajstić information content (AvgIpc) is 2.86. The Morgan fingerprint density at radius 3 is 3.07 bits per heavy atom. The van der Waals surface area contributed by atoms with Crippen LogP contribution in [0.3, 0.4) is 0 Å². The average molecular weight is 187 g/mol. The molecule has 0 atom stereocenters. The van der Waals surface area contributed by atoms with Gasteiger partial charge >= 0.3 is 0 Å². The SMILES string of the molecule is c1cnc2nc(-c3conn3)cn2c1. The Bertz CT molecular complexity index is 523. The molecule has 0 aromatic carbocycles. The van der Waals surface area contributed by atoms with Crippen LogP contribution in [0.5, 0.6) is 0 Å². The molecule has 3 aromatic rings. The van der Waals surface area contributed by atoms with E-state index >= 15 is 0 Å². The zero-order valence-corrected chi connectivity index (χ0v) is 7.03. The highest BCUT2D eigenvalue weighted by Crippen LogP contribution is 2.14. The van der Waals surface area contributed by atoms with E-state index in [4.69, 9.17) is 0 Å². The summed E-state index contributed by atoms with van der Waals surface area (Å²) in [5.41, 5.74) is 1.31. The molecule has 6 nitrogen and oxygen atoms in total. The lowest BCUT2D eigenvalue weighted by Gasteiger charge is -1.85. The number of hydrogen-bond acceptors (Lipinski definition) is 5. The molecule has 68 valence electrons. The molecule has 0 radical (unpaired) electrons. The predicted octanol–water partition coefficient (Wildman–Crippen LogP) is 0.779. The molecule has 0 saturated heterocycles. The Morgan fingerprint density at radius 1 is 1.29 bits per heavy atom. The minimum absolute atomic E-state index is 0.607. The first kappa shape index (κ1) is 7.19. The number of nitrogens with zero attached hydrogens (tertiary/aromatic N) is 5. The van der Waals surface area contributed by atoms with E-state index < -0.39 is 0 Å². The summed E-state index contributed by atoms with van der Waals surface area (Å²) < 4.78 is 6.44. The van der Waals surface area contributed by atoms with E-state index in [2.05, 4.69) is 24.9 Å². The molecule has 3 rings (SSSR count). The number of aromatic nitrogens is 5. The van der Waals surface area contributed by atoms with Crippen molar-refractivity contribution in [3.05, 3.63) is 30.9 Å². The van der Waals surface area contributed by atoms with E-state index in [0.717, 1.165) is 0 Å². The highest BCUT2D eigenvalue weighted by molar-refractivity contribution is 5.54. The number of imidazole rings is 1. The van der Waals surface area contributed by atoms with E-state index in [0.29, 0.717) is 17.2 Å². The van der Waals surface area contributed by atoms with E-state index in [1.165, 1.54) is 6.26 Å². The van der Waals surface area contributed by atoms with Crippen molar-refractivity contribution in [3.8, 4) is 11.4 Å². The molecular weight excluding hydrogens is 182 g/mol. The van der Waals surface area contributed by atoms with Crippen LogP contribution in [0.15, 0.2) is 35.4 Å². The molecule has 3 aromatic heterocycles. The Labute approximate surface area is 78.2 Å². The third-order valence-electron chi connectivity index (χ3n) is 1.86. The third kappa shape index (κ3) is 0.972. The monoisotopic (exact) mass is 187 g/mol. The van der Waals surface area contributed by atoms with Gasteiger partial charge in [0.2, 0.25) is 5.78 Å². The highest BCUT2D eigenvalue weighted by atomic mass is 16.5. The Morgan fingerprint density at radius 2 is 2.29 bits per heavy atom. The van der Waals surface area contributed by atoms with Crippen molar-refractivity contribution in [2.45, 2.75) is 0 Å². The quantitative estimate of drug-likeness (QED) is 0.563. The molecule has 0 fully saturated rings. The molecule has 0 amide bonds. The first-order valence-electron chi connectivity index (χ1n) is 4.00. The van der Waals surface area contributed by atoms with Gasteiger partial charge in [-0.1, -0.05) is 0 Å². The molecule has 0 saturated carbocycles. The molecular formula is C8H5N5O. The van der Waals surface area contributed by atoms with Crippen molar-refractivity contribution < 1.29 is 4.52 Å². The van der Waals surface area contributed by atoms with Crippen LogP contribution in [-0.2, 0) is 0 Å². The molecule has 0 unspecified atom stereocenters. The minimum atomic E-state index is 0.607. The van der Waals surface area contributed by atoms with Gasteiger partial charge in [0.15, 0.2) is 12.0 Å². The summed E-state index contributed by atoms with van der Waals surface area (Å²) in [6, 6.07) is 1.83. The molecule has 0 N–H and O–H groups in total. The first-order chi connectivity index (χ1) is 6.93. The summed E-state index contributed by atoms with van der Waals surface area (Å²) >= 11 is 0. The maximum Gasteiger partial charge on any atom is 0.234 e. The number of hydrogen-bond donors (Lipinski definition) is 0. The molecule has 3 heterocycles. The van der Waals surface area contributed by atoms with Gasteiger partial charge in [0.05, 0.1) is 0 Å². The minimum Gasteiger partial charge on any atom is -0.345 e. The van der Waals surface area contributed by atoms with Crippen molar-refractivity contribution in [2.75, 3.05) is 0 Å². The Hall–Kier alpha value is -2.24. The number of rotatable bonds is 1. The van der Waals surface area contributed by atoms with Crippen LogP contribution >= 0.6 is 0 Å². The van der Waals surface area contributed by atoms with Crippen molar-refractivity contribution in [3.63, 3.8) is 0 Å². The molecule has 0 aliphatic heterocycles. The smallest absolute Gasteiger partial charge is 0.234 e. The van der Waals surface area contributed by atoms with Crippen LogP contribution in [0.25, 0.3) is 17.2 Å². The van der Waals surface area contributed by atoms with Crippen LogP contribution in [0.2, 0.25) is 0 Å². The summed E-state index contributed by atoms with van der Waals surface area (Å²) in [6.07, 6.45) is 6.82. The highest BCUT2D eigenvalue weighted by Gasteiger charge is 2.07. The second-order valence-corrected chi connectivity index (χ2v) is 2.74. The Balaban J connectivity index is 2.24. The molecule has 0 spiro atoms. The molecule has 14 heavy (non-hydrogen) atoms. The van der Waals surface area contributed by atoms with Crippen LogP contribution in [0.4, 0.5) is 0 Å². The van der Waals surface area contributed by atoms with Crippen molar-refractivity contribution in [1.82, 2.24) is 24.7 Å². The lowest BCUT2D eigenvalue weighted by atomic mass is 10.4. The summed E-state index contributed by atoms with van der Waals surface area (Å²) in [5, 5.41) is 7.14. The largest absolute Gasteiger partial charge is 0.345 e. The van der Waals surface area contributed by atoms with Gasteiger partial charge in [-0.25, -0.2) is 9.97 Å². The predicted molar refractivity (Wildman–Crippen MR) is 46.3 cm³/mol. The van der Waals surface area contributed by atoms with Gasteiger partial charge in [0, 0.05) is 23.9 Å². The van der Waals surface area contributed by atoms with E-state index in [-0.39, 0.29) is 0 Å². The van der Waals surface area contributed by atoms with Gasteiger partial charge in [-0.3, -0.25) is 4.40 Å². The number of fused-ring (bicyclic) bond motifs is 1. The van der Waals surface area contributed by atoms with Gasteiger partial charge in [0.1, 0.15) is 5.69 Å². The van der Waals surface area contributed by atoms with Crippen LogP contribution in [-0.4, -0.2) is 24.7 Å². The second kappa shape index (κ2) is 2.63. The fourth-order valence-corrected chi connectivity index (χ4v) is 1.23. The normalized spacial score (nSPS) is 10.9. The summed E-state index contributed by atoms with van der Waals surface area (Å²) in [5.74, 6) is 0.630. The first-order valence-corrected chi connectivity index (χ1v) is 4.00. The molecule has 0 aliphatic rings. The zero-order chi connectivity index (χ0) is 9.38. The fourth-order valence-electron chi connectivity index (χ4n) is 1.23. The summed E-state index contributed by atoms with van der Waals surface area (Å²) in [4.78, 5) is 8.33. The van der Waals surface area contributed by atoms with Gasteiger partial charge in [0.25, 0.3) is 0 Å². The zero-order valence-electron chi connectivity index (χ0n) is 7.03. The second-order valence-electron chi connectivity index (χ2n) is 2.74. The van der Waals surface area contributed by atoms with Crippen LogP contribution in [0, 0.1) is 0 Å². The van der Waals surface area contributed by atoms with Gasteiger partial charge < -0.3 is 4.52 Å². The van der Waals surface area contributed by atoms with Crippen LogP contribution in [0.1, 0.15) is 0 Å². The maximum atomic E-state index is 4.63. The molecule has 6 heteroatoms. The molecule has 0 aliphatic carbocycles. The van der Waals surface area contributed by atoms with E-state index in [1.54, 1.807) is 6.20 Å². The van der Waals surface area contributed by atoms with Crippen molar-refractivity contribution in [2.24, 2.45) is 0 Å². The maximum absolute atomic E-state index is 4.63. The Kier molecular flexibility index (Phi) is 1.35. The standard InChI is InChI=1S/C8H5N5O/c1-2-9-8-10-6(4-13(8)3-1)7-5-14-12-11-7/h1-5H. The van der Waals surface area contributed by atoms with Crippen molar-refractivity contribution >= 4 is 5.78 Å². The molecule has 0 bridgehead atoms. The van der Waals surface area contributed by atoms with Crippen molar-refractivity contribution in [1.29, 1.82) is 0 Å². The van der Waals surface area contributed by atoms with Gasteiger partial charge in [-0.15, -0.1) is 5.10 Å². The van der Waals surface area contributed by atoms with E-state index in [1.807, 2.05) is 22.9 Å². The van der Waals surface area contributed by atoms with Gasteiger partial charge in [-0.05, 0) is 6.07 Å². The fraction of sp³-hybridized carbons (Fsp3) is 0. The lowest BCUT2D eigenvalue weighted by Crippen LogP contribution is -1.82. The van der Waals surface area contributed by atoms with Gasteiger partial charge in [-0.2, -0.15) is 0 Å². The third-order valence-corrected chi connectivity index (χ3v) is 1.86. The van der Waals surface area contributed by atoms with E-state index in [9.17, 15) is 0 Å². The lowest BCUT2D eigenvalue weighted by molar-refractivity contribution is 0.393. The van der Waals surface area contributed by atoms with Crippen LogP contribution < -0.4 is 0 Å². The summed E-state index contributed by atoms with van der Waals surface area (Å²) in [6.45, 7) is 0.